The van der Waals surface area contributed by atoms with Crippen LogP contribution in [-0.2, 0) is 12.8 Å². The molecule has 2 fully saturated rings. The van der Waals surface area contributed by atoms with Crippen molar-refractivity contribution in [1.29, 1.82) is 0 Å². The van der Waals surface area contributed by atoms with E-state index >= 15 is 0 Å². The Kier molecular flexibility index (Phi) is 5.83. The van der Waals surface area contributed by atoms with Gasteiger partial charge in [0, 0.05) is 50.7 Å². The number of rotatable bonds is 4. The summed E-state index contributed by atoms with van der Waals surface area (Å²) in [5, 5.41) is 12.7. The zero-order chi connectivity index (χ0) is 19.7. The summed E-state index contributed by atoms with van der Waals surface area (Å²) >= 11 is 0. The summed E-state index contributed by atoms with van der Waals surface area (Å²) in [7, 11) is 0. The van der Waals surface area contributed by atoms with Crippen molar-refractivity contribution < 1.29 is 9.90 Å². The average molecular weight is 388 g/mol. The molecule has 0 aliphatic carbocycles. The molecule has 2 saturated heterocycles. The van der Waals surface area contributed by atoms with Gasteiger partial charge in [0.1, 0.15) is 17.3 Å². The van der Waals surface area contributed by atoms with Crippen molar-refractivity contribution in [3.05, 3.63) is 17.1 Å². The molecular formula is C21H33N5O2. The third-order valence-corrected chi connectivity index (χ3v) is 6.28. The fourth-order valence-corrected chi connectivity index (χ4v) is 4.73. The maximum absolute atomic E-state index is 12.4. The topological polar surface area (TPSA) is 81.6 Å². The van der Waals surface area contributed by atoms with Crippen LogP contribution in [-0.4, -0.2) is 70.8 Å². The fraction of sp³-hybridized carbons (Fsp3) is 0.762. The zero-order valence-electron chi connectivity index (χ0n) is 17.2. The molecular weight excluding hydrogens is 354 g/mol. The van der Waals surface area contributed by atoms with Crippen molar-refractivity contribution in [2.75, 3.05) is 37.6 Å². The summed E-state index contributed by atoms with van der Waals surface area (Å²) in [4.78, 5) is 26.8. The number of nitrogens with zero attached hydrogens (tertiary/aromatic N) is 4. The highest BCUT2D eigenvalue weighted by Gasteiger charge is 2.31. The minimum Gasteiger partial charge on any atom is -0.393 e. The van der Waals surface area contributed by atoms with Gasteiger partial charge >= 0.3 is 0 Å². The molecule has 0 radical (unpaired) electrons. The van der Waals surface area contributed by atoms with Gasteiger partial charge in [0.05, 0.1) is 6.10 Å². The summed E-state index contributed by atoms with van der Waals surface area (Å²) in [6, 6.07) is 0.597. The molecule has 0 atom stereocenters. The second-order valence-corrected chi connectivity index (χ2v) is 8.88. The number of nitrogens with one attached hydrogen (secondary N) is 1. The van der Waals surface area contributed by atoms with Crippen molar-refractivity contribution in [2.45, 2.75) is 64.5 Å². The van der Waals surface area contributed by atoms with E-state index in [0.29, 0.717) is 24.2 Å². The predicted molar refractivity (Wildman–Crippen MR) is 109 cm³/mol. The number of anilines is 1. The van der Waals surface area contributed by atoms with Gasteiger partial charge < -0.3 is 20.2 Å². The first-order valence-corrected chi connectivity index (χ1v) is 10.9. The number of piperidine rings is 2. The van der Waals surface area contributed by atoms with Gasteiger partial charge in [-0.2, -0.15) is 0 Å². The lowest BCUT2D eigenvalue weighted by molar-refractivity contribution is 0.0541. The number of fused-ring (bicyclic) bond motifs is 1. The van der Waals surface area contributed by atoms with Gasteiger partial charge in [-0.25, -0.2) is 9.97 Å². The second kappa shape index (κ2) is 8.33. The first-order chi connectivity index (χ1) is 13.5. The molecule has 4 rings (SSSR count). The van der Waals surface area contributed by atoms with Gasteiger partial charge in [0.25, 0.3) is 5.91 Å². The molecule has 3 aliphatic rings. The van der Waals surface area contributed by atoms with Crippen LogP contribution in [0, 0.1) is 5.92 Å². The van der Waals surface area contributed by atoms with E-state index in [9.17, 15) is 9.90 Å². The molecule has 0 spiro atoms. The number of aliphatic hydroxyl groups excluding tert-OH is 1. The van der Waals surface area contributed by atoms with Crippen LogP contribution in [0.1, 0.15) is 61.4 Å². The molecule has 7 heteroatoms. The van der Waals surface area contributed by atoms with Crippen LogP contribution >= 0.6 is 0 Å². The largest absolute Gasteiger partial charge is 0.393 e. The number of carbonyl (C=O) groups excluding carboxylic acids is 1. The molecule has 3 aliphatic heterocycles. The maximum Gasteiger partial charge on any atom is 0.270 e. The van der Waals surface area contributed by atoms with Crippen molar-refractivity contribution in [3.8, 4) is 0 Å². The van der Waals surface area contributed by atoms with Crippen LogP contribution in [0.25, 0.3) is 0 Å². The maximum atomic E-state index is 12.4. The van der Waals surface area contributed by atoms with Gasteiger partial charge in [-0.3, -0.25) is 4.79 Å². The molecule has 0 aromatic carbocycles. The summed E-state index contributed by atoms with van der Waals surface area (Å²) in [5.41, 5.74) is 1.61. The third-order valence-electron chi connectivity index (χ3n) is 6.28. The first kappa shape index (κ1) is 19.6. The Morgan fingerprint density at radius 1 is 1.11 bits per heavy atom. The molecule has 0 unspecified atom stereocenters. The van der Waals surface area contributed by atoms with Crippen LogP contribution in [0.5, 0.6) is 0 Å². The standard InChI is InChI=1S/C21H33N5O2/c1-14(2)13-18-23-19-17(3-8-22-21(19)28)20(24-18)26-9-4-15(5-10-26)25-11-6-16(27)7-12-25/h14-16,27H,3-13H2,1-2H3,(H,22,28). The van der Waals surface area contributed by atoms with Crippen molar-refractivity contribution >= 4 is 11.7 Å². The van der Waals surface area contributed by atoms with Crippen molar-refractivity contribution in [3.63, 3.8) is 0 Å². The van der Waals surface area contributed by atoms with Gasteiger partial charge in [-0.15, -0.1) is 0 Å². The molecule has 7 nitrogen and oxygen atoms in total. The van der Waals surface area contributed by atoms with Gasteiger partial charge in [-0.1, -0.05) is 13.8 Å². The lowest BCUT2D eigenvalue weighted by Crippen LogP contribution is -2.49. The van der Waals surface area contributed by atoms with E-state index in [0.717, 1.165) is 81.9 Å². The lowest BCUT2D eigenvalue weighted by atomic mass is 9.98. The molecule has 154 valence electrons. The summed E-state index contributed by atoms with van der Waals surface area (Å²) < 4.78 is 0. The Hall–Kier alpha value is -1.73. The quantitative estimate of drug-likeness (QED) is 0.813. The molecule has 1 aromatic heterocycles. The van der Waals surface area contributed by atoms with Crippen LogP contribution in [0.15, 0.2) is 0 Å². The minimum atomic E-state index is -0.116. The monoisotopic (exact) mass is 387 g/mol. The molecule has 1 amide bonds. The first-order valence-electron chi connectivity index (χ1n) is 10.9. The Bertz CT molecular complexity index is 707. The Balaban J connectivity index is 1.51. The van der Waals surface area contributed by atoms with Crippen LogP contribution in [0.3, 0.4) is 0 Å². The van der Waals surface area contributed by atoms with E-state index in [1.54, 1.807) is 0 Å². The zero-order valence-corrected chi connectivity index (χ0v) is 17.2. The smallest absolute Gasteiger partial charge is 0.270 e. The molecule has 4 heterocycles. The van der Waals surface area contributed by atoms with Crippen LogP contribution in [0.2, 0.25) is 0 Å². The second-order valence-electron chi connectivity index (χ2n) is 8.88. The van der Waals surface area contributed by atoms with Crippen molar-refractivity contribution in [2.24, 2.45) is 5.92 Å². The number of aromatic nitrogens is 2. The summed E-state index contributed by atoms with van der Waals surface area (Å²) in [6.07, 6.45) is 5.50. The van der Waals surface area contributed by atoms with E-state index in [1.807, 2.05) is 0 Å². The number of aliphatic hydroxyl groups is 1. The van der Waals surface area contributed by atoms with E-state index in [4.69, 9.17) is 4.98 Å². The van der Waals surface area contributed by atoms with Crippen LogP contribution < -0.4 is 10.2 Å². The number of likely N-dealkylation sites (tertiary alicyclic amines) is 1. The highest BCUT2D eigenvalue weighted by atomic mass is 16.3. The number of amides is 1. The average Bonchev–Trinajstić information content (AvgIpc) is 2.68. The van der Waals surface area contributed by atoms with E-state index in [-0.39, 0.29) is 12.0 Å². The van der Waals surface area contributed by atoms with E-state index in [1.165, 1.54) is 0 Å². The lowest BCUT2D eigenvalue weighted by Gasteiger charge is -2.42. The predicted octanol–water partition coefficient (Wildman–Crippen LogP) is 1.39. The molecule has 0 saturated carbocycles. The molecule has 1 aromatic rings. The van der Waals surface area contributed by atoms with E-state index < -0.39 is 0 Å². The molecule has 2 N–H and O–H groups in total. The van der Waals surface area contributed by atoms with E-state index in [2.05, 4.69) is 33.9 Å². The molecule has 28 heavy (non-hydrogen) atoms. The third kappa shape index (κ3) is 4.15. The number of hydrogen-bond donors (Lipinski definition) is 2. The Labute approximate surface area is 167 Å². The minimum absolute atomic E-state index is 0.0586. The fourth-order valence-electron chi connectivity index (χ4n) is 4.73. The SMILES string of the molecule is CC(C)Cc1nc2c(c(N3CCC(N4CCC(O)CC4)CC3)n1)CCNC2=O. The van der Waals surface area contributed by atoms with Gasteiger partial charge in [0.15, 0.2) is 0 Å². The summed E-state index contributed by atoms with van der Waals surface area (Å²) in [5.74, 6) is 2.17. The Morgan fingerprint density at radius 3 is 2.50 bits per heavy atom. The van der Waals surface area contributed by atoms with Gasteiger partial charge in [-0.05, 0) is 38.0 Å². The normalized spacial score (nSPS) is 22.4. The van der Waals surface area contributed by atoms with Gasteiger partial charge in [0.2, 0.25) is 0 Å². The molecule has 0 bridgehead atoms. The highest BCUT2D eigenvalue weighted by Crippen LogP contribution is 2.29. The highest BCUT2D eigenvalue weighted by molar-refractivity contribution is 5.96. The van der Waals surface area contributed by atoms with Crippen molar-refractivity contribution in [1.82, 2.24) is 20.2 Å². The van der Waals surface area contributed by atoms with Crippen LogP contribution in [0.4, 0.5) is 5.82 Å². The number of carbonyl (C=O) groups is 1. The summed E-state index contributed by atoms with van der Waals surface area (Å²) in [6.45, 7) is 8.93. The Morgan fingerprint density at radius 2 is 1.82 bits per heavy atom. The number of hydrogen-bond acceptors (Lipinski definition) is 6.